The summed E-state index contributed by atoms with van der Waals surface area (Å²) in [6.45, 7) is 12.0. The van der Waals surface area contributed by atoms with Gasteiger partial charge in [-0.05, 0) is 49.9 Å². The van der Waals surface area contributed by atoms with Crippen LogP contribution in [0.2, 0.25) is 0 Å². The lowest BCUT2D eigenvalue weighted by Gasteiger charge is -2.40. The monoisotopic (exact) mass is 659 g/mol. The number of nitrogens with zero attached hydrogens (tertiary/aromatic N) is 1. The molecular formula is C24H31B3F13N2O2-3. The Balaban J connectivity index is 0. The highest BCUT2D eigenvalue weighted by Gasteiger charge is 2.35. The van der Waals surface area contributed by atoms with Gasteiger partial charge in [0.2, 0.25) is 0 Å². The molecule has 0 fully saturated rings. The third-order valence-electron chi connectivity index (χ3n) is 4.90. The number of carbonyl (C=O) groups is 2. The van der Waals surface area contributed by atoms with Crippen molar-refractivity contribution in [2.75, 3.05) is 0 Å². The van der Waals surface area contributed by atoms with Crippen molar-refractivity contribution in [3.8, 4) is 0 Å². The Morgan fingerprint density at radius 2 is 1.16 bits per heavy atom. The van der Waals surface area contributed by atoms with Crippen LogP contribution in [-0.2, 0) is 0 Å². The van der Waals surface area contributed by atoms with Gasteiger partial charge in [-0.2, -0.15) is 0 Å². The Morgan fingerprint density at radius 1 is 0.773 bits per heavy atom. The predicted octanol–water partition coefficient (Wildman–Crippen LogP) is 9.34. The van der Waals surface area contributed by atoms with Crippen LogP contribution >= 0.6 is 0 Å². The van der Waals surface area contributed by atoms with Gasteiger partial charge in [-0.25, -0.2) is 9.40 Å². The van der Waals surface area contributed by atoms with Gasteiger partial charge < -0.3 is 51.8 Å². The topological polar surface area (TPSA) is 49.4 Å². The second-order valence-electron chi connectivity index (χ2n) is 10.1. The van der Waals surface area contributed by atoms with Gasteiger partial charge in [0.1, 0.15) is 5.82 Å². The summed E-state index contributed by atoms with van der Waals surface area (Å²) < 4.78 is 131. The maximum atomic E-state index is 14.1. The van der Waals surface area contributed by atoms with Crippen molar-refractivity contribution < 1.29 is 65.8 Å². The Bertz CT molecular complexity index is 1120. The molecular weight excluding hydrogens is 628 g/mol. The molecule has 0 bridgehead atoms. The lowest BCUT2D eigenvalue weighted by atomic mass is 9.83. The third kappa shape index (κ3) is 23.2. The van der Waals surface area contributed by atoms with Crippen molar-refractivity contribution >= 4 is 33.6 Å². The van der Waals surface area contributed by atoms with Gasteiger partial charge in [0.05, 0.1) is 11.6 Å². The van der Waals surface area contributed by atoms with Crippen LogP contribution in [0.1, 0.15) is 72.4 Å². The third-order valence-corrected chi connectivity index (χ3v) is 4.90. The number of amides is 2. The highest BCUT2D eigenvalue weighted by atomic mass is 19.5. The summed E-state index contributed by atoms with van der Waals surface area (Å²) in [6.07, 6.45) is 1.55. The molecule has 0 saturated heterocycles. The molecule has 0 saturated carbocycles. The SMILES string of the molecule is CCCC(N(NC(=O)c1ccccc1F)C(=O)c1cc(C)cc(C)c1)C(C)(C)C.F[B-](F)(F)F.F[B-](F)(F)F.F[B-](F)(F)F. The summed E-state index contributed by atoms with van der Waals surface area (Å²) in [5.74, 6) is -1.55. The van der Waals surface area contributed by atoms with E-state index in [1.807, 2.05) is 59.7 Å². The van der Waals surface area contributed by atoms with Crippen molar-refractivity contribution in [1.82, 2.24) is 10.4 Å². The number of rotatable bonds is 5. The smallest absolute Gasteiger partial charge is 0.418 e. The minimum absolute atomic E-state index is 0.0881. The van der Waals surface area contributed by atoms with E-state index >= 15 is 0 Å². The fraction of sp³-hybridized carbons (Fsp3) is 0.417. The largest absolute Gasteiger partial charge is 0.673 e. The number of halogens is 13. The highest BCUT2D eigenvalue weighted by Crippen LogP contribution is 2.29. The summed E-state index contributed by atoms with van der Waals surface area (Å²) in [5.41, 5.74) is 4.77. The number of nitrogens with one attached hydrogen (secondary N) is 1. The van der Waals surface area contributed by atoms with Crippen molar-refractivity contribution in [3.63, 3.8) is 0 Å². The summed E-state index contributed by atoms with van der Waals surface area (Å²) in [4.78, 5) is 26.3. The summed E-state index contributed by atoms with van der Waals surface area (Å²) in [6, 6.07) is 11.1. The lowest BCUT2D eigenvalue weighted by molar-refractivity contribution is 0.0269. The number of hydrogen-bond donors (Lipinski definition) is 1. The average Bonchev–Trinajstić information content (AvgIpc) is 2.76. The van der Waals surface area contributed by atoms with Gasteiger partial charge >= 0.3 is 21.8 Å². The first-order valence-corrected chi connectivity index (χ1v) is 12.6. The van der Waals surface area contributed by atoms with Crippen LogP contribution in [0.15, 0.2) is 42.5 Å². The van der Waals surface area contributed by atoms with Crippen molar-refractivity contribution in [1.29, 1.82) is 0 Å². The summed E-state index contributed by atoms with van der Waals surface area (Å²) >= 11 is 0. The molecule has 252 valence electrons. The van der Waals surface area contributed by atoms with E-state index in [0.717, 1.165) is 17.5 Å². The van der Waals surface area contributed by atoms with Gasteiger partial charge in [-0.15, -0.1) is 0 Å². The van der Waals surface area contributed by atoms with Crippen LogP contribution in [0.5, 0.6) is 0 Å². The molecule has 4 nitrogen and oxygen atoms in total. The zero-order valence-electron chi connectivity index (χ0n) is 24.4. The highest BCUT2D eigenvalue weighted by molar-refractivity contribution is 6.50. The van der Waals surface area contributed by atoms with Crippen molar-refractivity contribution in [2.24, 2.45) is 5.41 Å². The van der Waals surface area contributed by atoms with Crippen LogP contribution in [0, 0.1) is 25.1 Å². The number of hydrogen-bond acceptors (Lipinski definition) is 2. The molecule has 2 aromatic carbocycles. The second-order valence-corrected chi connectivity index (χ2v) is 10.1. The minimum atomic E-state index is -6.00. The normalized spacial score (nSPS) is 12.2. The molecule has 0 aliphatic carbocycles. The van der Waals surface area contributed by atoms with Crippen molar-refractivity contribution in [2.45, 2.75) is 60.4 Å². The average molecular weight is 659 g/mol. The standard InChI is InChI=1S/C24H31FN2O2.3BF4/c1-7-10-21(24(4,5)6)27(23(29)18-14-16(2)13-17(3)15-18)26-22(28)19-11-8-9-12-20(19)25;3*2-1(3,4)5/h8-9,11-15,21H,7,10H2,1-6H3,(H,26,28);;;/q;3*-1. The first-order valence-electron chi connectivity index (χ1n) is 12.6. The molecule has 0 radical (unpaired) electrons. The van der Waals surface area contributed by atoms with E-state index in [4.69, 9.17) is 0 Å². The fourth-order valence-corrected chi connectivity index (χ4v) is 3.55. The molecule has 1 unspecified atom stereocenters. The van der Waals surface area contributed by atoms with Crippen LogP contribution in [0.3, 0.4) is 0 Å². The van der Waals surface area contributed by atoms with Gasteiger partial charge in [-0.3, -0.25) is 15.0 Å². The van der Waals surface area contributed by atoms with Gasteiger partial charge in [0.15, 0.2) is 0 Å². The number of aryl methyl sites for hydroxylation is 2. The first-order chi connectivity index (χ1) is 19.5. The lowest BCUT2D eigenvalue weighted by Crippen LogP contribution is -2.56. The maximum Gasteiger partial charge on any atom is 0.673 e. The van der Waals surface area contributed by atoms with E-state index in [0.29, 0.717) is 12.0 Å². The predicted molar refractivity (Wildman–Crippen MR) is 145 cm³/mol. The zero-order chi connectivity index (χ0) is 35.3. The fourth-order valence-electron chi connectivity index (χ4n) is 3.55. The second kappa shape index (κ2) is 17.8. The number of carbonyl (C=O) groups excluding carboxylic acids is 2. The van der Waals surface area contributed by atoms with E-state index in [2.05, 4.69) is 5.43 Å². The van der Waals surface area contributed by atoms with Crippen molar-refractivity contribution in [3.05, 3.63) is 70.5 Å². The Morgan fingerprint density at radius 3 is 1.50 bits per heavy atom. The molecule has 2 amide bonds. The van der Waals surface area contributed by atoms with E-state index in [-0.39, 0.29) is 22.9 Å². The van der Waals surface area contributed by atoms with E-state index in [1.165, 1.54) is 23.2 Å². The summed E-state index contributed by atoms with van der Waals surface area (Å²) in [5, 5.41) is 1.40. The summed E-state index contributed by atoms with van der Waals surface area (Å²) in [7, 11) is -18.0. The Labute approximate surface area is 246 Å². The molecule has 2 rings (SSSR count). The van der Waals surface area contributed by atoms with E-state index < -0.39 is 33.5 Å². The quantitative estimate of drug-likeness (QED) is 0.198. The number of benzene rings is 2. The van der Waals surface area contributed by atoms with E-state index in [9.17, 15) is 65.8 Å². The molecule has 2 aromatic rings. The van der Waals surface area contributed by atoms with Gasteiger partial charge in [0, 0.05) is 5.56 Å². The molecule has 1 N–H and O–H groups in total. The van der Waals surface area contributed by atoms with Crippen LogP contribution in [0.25, 0.3) is 0 Å². The van der Waals surface area contributed by atoms with Crippen LogP contribution in [0.4, 0.5) is 56.2 Å². The Hall–Kier alpha value is -3.34. The van der Waals surface area contributed by atoms with Crippen LogP contribution in [-0.4, -0.2) is 44.6 Å². The number of hydrazine groups is 1. The van der Waals surface area contributed by atoms with Gasteiger partial charge in [-0.1, -0.05) is 63.4 Å². The molecule has 0 spiro atoms. The maximum absolute atomic E-state index is 14.1. The zero-order valence-corrected chi connectivity index (χ0v) is 24.4. The molecule has 44 heavy (non-hydrogen) atoms. The van der Waals surface area contributed by atoms with Crippen LogP contribution < -0.4 is 5.43 Å². The van der Waals surface area contributed by atoms with Gasteiger partial charge in [0.25, 0.3) is 11.8 Å². The van der Waals surface area contributed by atoms with E-state index in [1.54, 1.807) is 6.07 Å². The first kappa shape index (κ1) is 42.8. The Kier molecular flexibility index (Phi) is 17.3. The molecule has 20 heteroatoms. The molecule has 1 atom stereocenters. The molecule has 0 aliphatic heterocycles. The molecule has 0 aliphatic rings. The molecule has 0 heterocycles. The molecule has 0 aromatic heterocycles. The minimum Gasteiger partial charge on any atom is -0.418 e.